The average Bonchev–Trinajstić information content (AvgIpc) is 2.40. The molecule has 0 radical (unpaired) electrons. The maximum Gasteiger partial charge on any atom is 0.163 e. The van der Waals surface area contributed by atoms with E-state index in [1.807, 2.05) is 0 Å². The summed E-state index contributed by atoms with van der Waals surface area (Å²) in [5, 5.41) is 57.4. The quantitative estimate of drug-likeness (QED) is 0.365. The van der Waals surface area contributed by atoms with Gasteiger partial charge in [0.25, 0.3) is 0 Å². The Morgan fingerprint density at radius 1 is 1.00 bits per heavy atom. The van der Waals surface area contributed by atoms with Crippen LogP contribution in [0.25, 0.3) is 0 Å². The predicted octanol–water partition coefficient (Wildman–Crippen LogP) is -1.39. The van der Waals surface area contributed by atoms with E-state index < -0.39 is 48.6 Å². The lowest BCUT2D eigenvalue weighted by atomic mass is 9.91. The Kier molecular flexibility index (Phi) is 3.93. The van der Waals surface area contributed by atoms with Gasteiger partial charge in [0.15, 0.2) is 11.5 Å². The first-order valence-corrected chi connectivity index (χ1v) is 5.78. The molecule has 1 aliphatic heterocycles. The highest BCUT2D eigenvalue weighted by atomic mass is 16.5. The van der Waals surface area contributed by atoms with Crippen LogP contribution in [0.3, 0.4) is 0 Å². The Morgan fingerprint density at radius 3 is 2.32 bits per heavy atom. The highest BCUT2D eigenvalue weighted by Crippen LogP contribution is 2.39. The van der Waals surface area contributed by atoms with Crippen molar-refractivity contribution >= 4 is 0 Å². The van der Waals surface area contributed by atoms with Gasteiger partial charge in [0, 0.05) is 5.56 Å². The molecule has 1 fully saturated rings. The molecule has 0 unspecified atom stereocenters. The van der Waals surface area contributed by atoms with Crippen molar-refractivity contribution in [2.75, 3.05) is 6.61 Å². The number of aromatic hydroxyl groups is 2. The molecule has 1 saturated heterocycles. The molecule has 6 N–H and O–H groups in total. The van der Waals surface area contributed by atoms with Crippen LogP contribution in [-0.4, -0.2) is 61.7 Å². The monoisotopic (exact) mass is 272 g/mol. The number of benzene rings is 1. The second-order valence-electron chi connectivity index (χ2n) is 4.46. The Morgan fingerprint density at radius 2 is 1.68 bits per heavy atom. The Hall–Kier alpha value is -1.38. The summed E-state index contributed by atoms with van der Waals surface area (Å²) in [5.74, 6) is -0.874. The van der Waals surface area contributed by atoms with Crippen molar-refractivity contribution in [2.45, 2.75) is 30.5 Å². The summed E-state index contributed by atoms with van der Waals surface area (Å²) in [6.45, 7) is -0.555. The molecule has 1 aromatic carbocycles. The largest absolute Gasteiger partial charge is 0.504 e. The maximum absolute atomic E-state index is 9.88. The number of phenols is 2. The molecule has 19 heavy (non-hydrogen) atoms. The number of aliphatic hydroxyl groups is 4. The zero-order valence-electron chi connectivity index (χ0n) is 9.92. The molecule has 0 saturated carbocycles. The number of phenolic OH excluding ortho intramolecular Hbond substituents is 2. The van der Waals surface area contributed by atoms with Crippen molar-refractivity contribution < 1.29 is 35.4 Å². The van der Waals surface area contributed by atoms with Gasteiger partial charge in [0.2, 0.25) is 0 Å². The third kappa shape index (κ3) is 2.38. The Balaban J connectivity index is 2.35. The summed E-state index contributed by atoms with van der Waals surface area (Å²) in [4.78, 5) is 0. The second-order valence-corrected chi connectivity index (χ2v) is 4.46. The number of rotatable bonds is 2. The van der Waals surface area contributed by atoms with Gasteiger partial charge in [-0.1, -0.05) is 12.1 Å². The lowest BCUT2D eigenvalue weighted by Crippen LogP contribution is -2.55. The Bertz CT molecular complexity index is 448. The van der Waals surface area contributed by atoms with Gasteiger partial charge in [-0.3, -0.25) is 0 Å². The molecule has 7 heteroatoms. The molecule has 1 heterocycles. The molecule has 106 valence electrons. The minimum absolute atomic E-state index is 0.0666. The highest BCUT2D eigenvalue weighted by Gasteiger charge is 2.44. The normalized spacial score (nSPS) is 35.3. The lowest BCUT2D eigenvalue weighted by molar-refractivity contribution is -0.232. The van der Waals surface area contributed by atoms with E-state index >= 15 is 0 Å². The molecule has 1 aliphatic rings. The smallest absolute Gasteiger partial charge is 0.163 e. The molecule has 5 atom stereocenters. The van der Waals surface area contributed by atoms with Crippen LogP contribution in [0.5, 0.6) is 11.5 Å². The minimum Gasteiger partial charge on any atom is -0.504 e. The number of ether oxygens (including phenoxy) is 1. The molecule has 0 aliphatic carbocycles. The fourth-order valence-corrected chi connectivity index (χ4v) is 2.14. The minimum atomic E-state index is -1.53. The zero-order valence-corrected chi connectivity index (χ0v) is 9.92. The second kappa shape index (κ2) is 5.32. The van der Waals surface area contributed by atoms with Crippen molar-refractivity contribution in [3.05, 3.63) is 23.8 Å². The van der Waals surface area contributed by atoms with Crippen LogP contribution in [-0.2, 0) is 4.74 Å². The van der Waals surface area contributed by atoms with Crippen molar-refractivity contribution in [1.82, 2.24) is 0 Å². The molecular weight excluding hydrogens is 256 g/mol. The summed E-state index contributed by atoms with van der Waals surface area (Å²) in [6.07, 6.45) is -6.72. The van der Waals surface area contributed by atoms with Crippen LogP contribution in [0.4, 0.5) is 0 Å². The first-order chi connectivity index (χ1) is 8.97. The summed E-state index contributed by atoms with van der Waals surface area (Å²) in [6, 6.07) is 4.09. The highest BCUT2D eigenvalue weighted by molar-refractivity contribution is 5.46. The van der Waals surface area contributed by atoms with Crippen LogP contribution in [0.1, 0.15) is 11.7 Å². The van der Waals surface area contributed by atoms with Crippen LogP contribution in [0, 0.1) is 0 Å². The molecule has 0 amide bonds. The van der Waals surface area contributed by atoms with Gasteiger partial charge in [-0.25, -0.2) is 0 Å². The molecule has 0 bridgehead atoms. The van der Waals surface area contributed by atoms with Gasteiger partial charge in [-0.05, 0) is 6.07 Å². The van der Waals surface area contributed by atoms with Crippen molar-refractivity contribution in [1.29, 1.82) is 0 Å². The number of aliphatic hydroxyl groups excluding tert-OH is 4. The molecule has 1 aromatic rings. The SMILES string of the molecule is OC[C@H]1O[C@H](c2cccc(O)c2O)[C@H](O)[C@@H](O)[C@@H]1O. The molecule has 2 rings (SSSR count). The Labute approximate surface area is 108 Å². The summed E-state index contributed by atoms with van der Waals surface area (Å²) in [5.41, 5.74) is 0.0666. The van der Waals surface area contributed by atoms with E-state index in [9.17, 15) is 25.5 Å². The van der Waals surface area contributed by atoms with E-state index in [2.05, 4.69) is 0 Å². The van der Waals surface area contributed by atoms with Crippen molar-refractivity contribution in [2.24, 2.45) is 0 Å². The van der Waals surface area contributed by atoms with Gasteiger partial charge >= 0.3 is 0 Å². The van der Waals surface area contributed by atoms with Crippen LogP contribution < -0.4 is 0 Å². The molecule has 7 nitrogen and oxygen atoms in total. The van der Waals surface area contributed by atoms with E-state index in [0.29, 0.717) is 0 Å². The first-order valence-electron chi connectivity index (χ1n) is 5.78. The standard InChI is InChI=1S/C12H16O7/c13-4-7-9(16)10(17)11(18)12(19-7)5-2-1-3-6(14)8(5)15/h1-3,7,9-18H,4H2/t7-,9-,10+,11-,12-/m1/s1. The van der Waals surface area contributed by atoms with E-state index in [4.69, 9.17) is 9.84 Å². The fourth-order valence-electron chi connectivity index (χ4n) is 2.14. The average molecular weight is 272 g/mol. The lowest BCUT2D eigenvalue weighted by Gasteiger charge is -2.40. The molecule has 0 aromatic heterocycles. The first kappa shape index (κ1) is 14.0. The predicted molar refractivity (Wildman–Crippen MR) is 62.5 cm³/mol. The summed E-state index contributed by atoms with van der Waals surface area (Å²) < 4.78 is 5.27. The molecule has 0 spiro atoms. The van der Waals surface area contributed by atoms with Crippen LogP contribution >= 0.6 is 0 Å². The number of hydrogen-bond donors (Lipinski definition) is 6. The fraction of sp³-hybridized carbons (Fsp3) is 0.500. The summed E-state index contributed by atoms with van der Waals surface area (Å²) >= 11 is 0. The van der Waals surface area contributed by atoms with Gasteiger partial charge in [-0.15, -0.1) is 0 Å². The van der Waals surface area contributed by atoms with Gasteiger partial charge in [0.1, 0.15) is 30.5 Å². The van der Waals surface area contributed by atoms with Crippen LogP contribution in [0.2, 0.25) is 0 Å². The van der Waals surface area contributed by atoms with Crippen LogP contribution in [0.15, 0.2) is 18.2 Å². The third-order valence-electron chi connectivity index (χ3n) is 3.24. The molecular formula is C12H16O7. The van der Waals surface area contributed by atoms with E-state index in [1.165, 1.54) is 18.2 Å². The van der Waals surface area contributed by atoms with Gasteiger partial charge < -0.3 is 35.4 Å². The van der Waals surface area contributed by atoms with E-state index in [1.54, 1.807) is 0 Å². The van der Waals surface area contributed by atoms with Gasteiger partial charge in [0.05, 0.1) is 6.61 Å². The van der Waals surface area contributed by atoms with E-state index in [0.717, 1.165) is 0 Å². The van der Waals surface area contributed by atoms with Crippen molar-refractivity contribution in [3.63, 3.8) is 0 Å². The number of hydrogen-bond acceptors (Lipinski definition) is 7. The zero-order chi connectivity index (χ0) is 14.2. The topological polar surface area (TPSA) is 131 Å². The van der Waals surface area contributed by atoms with E-state index in [-0.39, 0.29) is 5.56 Å². The van der Waals surface area contributed by atoms with Crippen molar-refractivity contribution in [3.8, 4) is 11.5 Å². The maximum atomic E-state index is 9.88. The van der Waals surface area contributed by atoms with Gasteiger partial charge in [-0.2, -0.15) is 0 Å². The number of para-hydroxylation sites is 1. The summed E-state index contributed by atoms with van der Waals surface area (Å²) in [7, 11) is 0. The third-order valence-corrected chi connectivity index (χ3v) is 3.24.